The third-order valence-electron chi connectivity index (χ3n) is 3.24. The van der Waals surface area contributed by atoms with Crippen LogP contribution in [0.1, 0.15) is 12.5 Å². The van der Waals surface area contributed by atoms with Gasteiger partial charge in [-0.05, 0) is 36.4 Å². The first-order valence-electron chi connectivity index (χ1n) is 7.51. The largest absolute Gasteiger partial charge is 0.493 e. The quantitative estimate of drug-likeness (QED) is 0.297. The molecule has 0 bridgehead atoms. The van der Waals surface area contributed by atoms with Crippen LogP contribution in [0.15, 0.2) is 50.9 Å². The molecule has 0 unspecified atom stereocenters. The molecular weight excluding hydrogens is 440 g/mol. The van der Waals surface area contributed by atoms with Gasteiger partial charge in [0.05, 0.1) is 25.3 Å². The number of methoxy groups -OCH3 is 2. The zero-order chi connectivity index (χ0) is 20.0. The highest BCUT2D eigenvalue weighted by Gasteiger charge is 2.16. The lowest BCUT2D eigenvalue weighted by atomic mass is 10.2. The van der Waals surface area contributed by atoms with Crippen molar-refractivity contribution in [1.82, 2.24) is 4.83 Å². The third-order valence-corrected chi connectivity index (χ3v) is 5.01. The van der Waals surface area contributed by atoms with Crippen LogP contribution in [-0.4, -0.2) is 34.8 Å². The monoisotopic (exact) mass is 456 g/mol. The smallest absolute Gasteiger partial charge is 0.308 e. The van der Waals surface area contributed by atoms with E-state index in [1.54, 1.807) is 12.1 Å². The molecule has 0 spiro atoms. The van der Waals surface area contributed by atoms with Crippen molar-refractivity contribution >= 4 is 38.1 Å². The van der Waals surface area contributed by atoms with Crippen molar-refractivity contribution in [2.45, 2.75) is 11.8 Å². The van der Waals surface area contributed by atoms with Crippen molar-refractivity contribution in [2.24, 2.45) is 5.10 Å². The van der Waals surface area contributed by atoms with Crippen LogP contribution in [0.25, 0.3) is 0 Å². The lowest BCUT2D eigenvalue weighted by Crippen LogP contribution is -2.18. The Hall–Kier alpha value is -2.59. The van der Waals surface area contributed by atoms with Crippen LogP contribution in [-0.2, 0) is 14.8 Å². The predicted molar refractivity (Wildman–Crippen MR) is 103 cm³/mol. The molecular formula is C17H17BrN2O6S. The van der Waals surface area contributed by atoms with Gasteiger partial charge in [0.15, 0.2) is 11.5 Å². The molecule has 2 aromatic rings. The summed E-state index contributed by atoms with van der Waals surface area (Å²) in [5, 5.41) is 3.76. The molecule has 0 aliphatic rings. The van der Waals surface area contributed by atoms with E-state index in [0.717, 1.165) is 4.47 Å². The number of benzene rings is 2. The van der Waals surface area contributed by atoms with Gasteiger partial charge in [-0.1, -0.05) is 15.9 Å². The highest BCUT2D eigenvalue weighted by Crippen LogP contribution is 2.38. The van der Waals surface area contributed by atoms with E-state index in [2.05, 4.69) is 25.9 Å². The van der Waals surface area contributed by atoms with E-state index in [-0.39, 0.29) is 22.1 Å². The highest BCUT2D eigenvalue weighted by atomic mass is 79.9. The van der Waals surface area contributed by atoms with Crippen LogP contribution in [0.5, 0.6) is 17.2 Å². The summed E-state index contributed by atoms with van der Waals surface area (Å²) >= 11 is 3.24. The maximum Gasteiger partial charge on any atom is 0.308 e. The second-order valence-electron chi connectivity index (χ2n) is 5.16. The number of ether oxygens (including phenoxy) is 3. The molecule has 1 N–H and O–H groups in total. The first-order valence-corrected chi connectivity index (χ1v) is 9.79. The molecule has 27 heavy (non-hydrogen) atoms. The molecule has 0 aliphatic heterocycles. The van der Waals surface area contributed by atoms with E-state index in [1.807, 2.05) is 0 Å². The Morgan fingerprint density at radius 1 is 1.11 bits per heavy atom. The van der Waals surface area contributed by atoms with Gasteiger partial charge in [-0.25, -0.2) is 4.83 Å². The van der Waals surface area contributed by atoms with Gasteiger partial charge in [-0.15, -0.1) is 0 Å². The van der Waals surface area contributed by atoms with Crippen molar-refractivity contribution in [3.63, 3.8) is 0 Å². The molecule has 10 heteroatoms. The minimum atomic E-state index is -3.80. The standard InChI is InChI=1S/C17H17BrN2O6S/c1-11(21)26-17-15(24-2)8-12(9-16(17)25-3)10-19-20-27(22,23)14-6-4-13(18)5-7-14/h4-10,20H,1-3H3/b19-10+. The van der Waals surface area contributed by atoms with Gasteiger partial charge < -0.3 is 14.2 Å². The highest BCUT2D eigenvalue weighted by molar-refractivity contribution is 9.10. The molecule has 0 atom stereocenters. The van der Waals surface area contributed by atoms with Crippen LogP contribution >= 0.6 is 15.9 Å². The summed E-state index contributed by atoms with van der Waals surface area (Å²) in [5.41, 5.74) is 0.470. The van der Waals surface area contributed by atoms with Crippen molar-refractivity contribution in [3.05, 3.63) is 46.4 Å². The van der Waals surface area contributed by atoms with Gasteiger partial charge in [-0.3, -0.25) is 4.79 Å². The Morgan fingerprint density at radius 2 is 1.67 bits per heavy atom. The van der Waals surface area contributed by atoms with Crippen LogP contribution in [0.2, 0.25) is 0 Å². The molecule has 8 nitrogen and oxygen atoms in total. The van der Waals surface area contributed by atoms with E-state index in [9.17, 15) is 13.2 Å². The fraction of sp³-hybridized carbons (Fsp3) is 0.176. The van der Waals surface area contributed by atoms with E-state index in [4.69, 9.17) is 14.2 Å². The Morgan fingerprint density at radius 3 is 2.15 bits per heavy atom. The zero-order valence-electron chi connectivity index (χ0n) is 14.7. The molecule has 0 aromatic heterocycles. The van der Waals surface area contributed by atoms with E-state index >= 15 is 0 Å². The number of carbonyl (C=O) groups is 1. The van der Waals surface area contributed by atoms with Crippen molar-refractivity contribution in [1.29, 1.82) is 0 Å². The van der Waals surface area contributed by atoms with Gasteiger partial charge in [0.2, 0.25) is 5.75 Å². The molecule has 2 rings (SSSR count). The first kappa shape index (κ1) is 20.7. The Balaban J connectivity index is 2.26. The van der Waals surface area contributed by atoms with Gasteiger partial charge in [-0.2, -0.15) is 13.5 Å². The predicted octanol–water partition coefficient (Wildman–Crippen LogP) is 2.70. The molecule has 0 heterocycles. The Labute approximate surface area is 165 Å². The number of rotatable bonds is 7. The second kappa shape index (κ2) is 8.87. The van der Waals surface area contributed by atoms with Crippen LogP contribution in [0.4, 0.5) is 0 Å². The van der Waals surface area contributed by atoms with Gasteiger partial charge in [0, 0.05) is 17.0 Å². The fourth-order valence-electron chi connectivity index (χ4n) is 2.06. The van der Waals surface area contributed by atoms with Gasteiger partial charge in [0.1, 0.15) is 0 Å². The zero-order valence-corrected chi connectivity index (χ0v) is 17.1. The van der Waals surface area contributed by atoms with Crippen molar-refractivity contribution in [2.75, 3.05) is 14.2 Å². The molecule has 0 amide bonds. The number of sulfonamides is 1. The van der Waals surface area contributed by atoms with Crippen LogP contribution in [0, 0.1) is 0 Å². The summed E-state index contributed by atoms with van der Waals surface area (Å²) in [5.74, 6) is 0.0684. The lowest BCUT2D eigenvalue weighted by molar-refractivity contribution is -0.132. The number of hydrazone groups is 1. The van der Waals surface area contributed by atoms with Gasteiger partial charge >= 0.3 is 5.97 Å². The van der Waals surface area contributed by atoms with Crippen LogP contribution < -0.4 is 19.0 Å². The minimum Gasteiger partial charge on any atom is -0.493 e. The number of hydrogen-bond acceptors (Lipinski definition) is 7. The summed E-state index contributed by atoms with van der Waals surface area (Å²) in [6, 6.07) is 9.17. The maximum atomic E-state index is 12.2. The van der Waals surface area contributed by atoms with Crippen molar-refractivity contribution in [3.8, 4) is 17.2 Å². The molecule has 0 fully saturated rings. The third kappa shape index (κ3) is 5.44. The lowest BCUT2D eigenvalue weighted by Gasteiger charge is -2.13. The number of halogens is 1. The average Bonchev–Trinajstić information content (AvgIpc) is 2.62. The van der Waals surface area contributed by atoms with E-state index < -0.39 is 16.0 Å². The number of esters is 1. The van der Waals surface area contributed by atoms with Crippen LogP contribution in [0.3, 0.4) is 0 Å². The fourth-order valence-corrected chi connectivity index (χ4v) is 3.11. The summed E-state index contributed by atoms with van der Waals surface area (Å²) in [4.78, 5) is 13.4. The SMILES string of the molecule is COc1cc(/C=N/NS(=O)(=O)c2ccc(Br)cc2)cc(OC)c1OC(C)=O. The minimum absolute atomic E-state index is 0.0724. The topological polar surface area (TPSA) is 103 Å². The average molecular weight is 457 g/mol. The second-order valence-corrected chi connectivity index (χ2v) is 7.73. The molecule has 144 valence electrons. The number of hydrogen-bond donors (Lipinski definition) is 1. The summed E-state index contributed by atoms with van der Waals surface area (Å²) in [7, 11) is -1.000. The van der Waals surface area contributed by atoms with E-state index in [0.29, 0.717) is 5.56 Å². The first-order chi connectivity index (χ1) is 12.8. The maximum absolute atomic E-state index is 12.2. The summed E-state index contributed by atoms with van der Waals surface area (Å²) in [6.45, 7) is 1.26. The number of nitrogens with one attached hydrogen (secondary N) is 1. The molecule has 0 saturated carbocycles. The molecule has 2 aromatic carbocycles. The Kier molecular flexibility index (Phi) is 6.81. The van der Waals surface area contributed by atoms with E-state index in [1.165, 1.54) is 51.6 Å². The van der Waals surface area contributed by atoms with Crippen molar-refractivity contribution < 1.29 is 27.4 Å². The molecule has 0 saturated heterocycles. The number of nitrogens with zero attached hydrogens (tertiary/aromatic N) is 1. The summed E-state index contributed by atoms with van der Waals surface area (Å²) in [6.07, 6.45) is 1.28. The summed E-state index contributed by atoms with van der Waals surface area (Å²) < 4.78 is 40.7. The normalized spacial score (nSPS) is 11.3. The molecule has 0 aliphatic carbocycles. The molecule has 0 radical (unpaired) electrons. The van der Waals surface area contributed by atoms with Gasteiger partial charge in [0.25, 0.3) is 10.0 Å². The Bertz CT molecular complexity index is 933. The number of carbonyl (C=O) groups excluding carboxylic acids is 1.